The Hall–Kier alpha value is -2.67. The molecule has 0 spiro atoms. The summed E-state index contributed by atoms with van der Waals surface area (Å²) in [6.45, 7) is 2.08. The van der Waals surface area contributed by atoms with Crippen LogP contribution in [0.4, 0.5) is 5.69 Å². The maximum atomic E-state index is 12.7. The number of benzene rings is 1. The molecule has 0 saturated heterocycles. The second kappa shape index (κ2) is 6.68. The lowest BCUT2D eigenvalue weighted by atomic mass is 10.1. The second-order valence-electron chi connectivity index (χ2n) is 5.94. The molecule has 2 aromatic heterocycles. The highest BCUT2D eigenvalue weighted by Crippen LogP contribution is 2.32. The molecule has 1 aliphatic heterocycles. The average molecular weight is 351 g/mol. The van der Waals surface area contributed by atoms with Crippen LogP contribution in [-0.2, 0) is 11.2 Å². The van der Waals surface area contributed by atoms with E-state index >= 15 is 0 Å². The lowest BCUT2D eigenvalue weighted by molar-refractivity contribution is -0.116. The number of hydrogen-bond acceptors (Lipinski definition) is 5. The van der Waals surface area contributed by atoms with Gasteiger partial charge in [0.1, 0.15) is 0 Å². The first kappa shape index (κ1) is 15.8. The van der Waals surface area contributed by atoms with Crippen molar-refractivity contribution in [2.75, 3.05) is 10.7 Å². The molecule has 0 fully saturated rings. The number of carbonyl (C=O) groups excluding carboxylic acids is 1. The summed E-state index contributed by atoms with van der Waals surface area (Å²) in [6.07, 6.45) is 4.32. The van der Waals surface area contributed by atoms with Crippen LogP contribution in [0.5, 0.6) is 0 Å². The molecule has 4 rings (SSSR count). The van der Waals surface area contributed by atoms with Gasteiger partial charge in [0, 0.05) is 29.7 Å². The molecule has 0 saturated carbocycles. The zero-order chi connectivity index (χ0) is 17.2. The minimum absolute atomic E-state index is 0.0812. The topological polar surface area (TPSA) is 74.8 Å². The zero-order valence-electron chi connectivity index (χ0n) is 13.7. The summed E-state index contributed by atoms with van der Waals surface area (Å²) < 4.78 is 0. The highest BCUT2D eigenvalue weighted by atomic mass is 32.2. The van der Waals surface area contributed by atoms with Crippen LogP contribution < -0.4 is 4.90 Å². The number of thioether (sulfide) groups is 1. The van der Waals surface area contributed by atoms with E-state index in [9.17, 15) is 4.79 Å². The molecule has 7 heteroatoms. The summed E-state index contributed by atoms with van der Waals surface area (Å²) in [7, 11) is 0. The number of nitrogens with zero attached hydrogens (tertiary/aromatic N) is 4. The smallest absolute Gasteiger partial charge is 0.237 e. The molecule has 0 unspecified atom stereocenters. The Kier molecular flexibility index (Phi) is 4.23. The summed E-state index contributed by atoms with van der Waals surface area (Å²) in [5.41, 5.74) is 3.17. The fraction of sp³-hybridized carbons (Fsp3) is 0.222. The Bertz CT molecular complexity index is 895. The summed E-state index contributed by atoms with van der Waals surface area (Å²) in [6, 6.07) is 12.0. The number of anilines is 1. The minimum Gasteiger partial charge on any atom is -0.308 e. The molecule has 1 atom stereocenters. The predicted molar refractivity (Wildman–Crippen MR) is 97.4 cm³/mol. The molecule has 0 aliphatic carbocycles. The van der Waals surface area contributed by atoms with Crippen molar-refractivity contribution in [3.05, 3.63) is 54.4 Å². The van der Waals surface area contributed by atoms with E-state index in [-0.39, 0.29) is 11.9 Å². The van der Waals surface area contributed by atoms with Crippen molar-refractivity contribution < 1.29 is 4.79 Å². The number of aromatic nitrogens is 4. The molecule has 3 heterocycles. The van der Waals surface area contributed by atoms with Gasteiger partial charge in [-0.1, -0.05) is 30.0 Å². The van der Waals surface area contributed by atoms with E-state index in [4.69, 9.17) is 0 Å². The van der Waals surface area contributed by atoms with Gasteiger partial charge >= 0.3 is 0 Å². The molecular formula is C18H17N5OS. The van der Waals surface area contributed by atoms with Gasteiger partial charge in [-0.3, -0.25) is 14.9 Å². The molecule has 0 radical (unpaired) electrons. The van der Waals surface area contributed by atoms with Crippen molar-refractivity contribution in [3.63, 3.8) is 0 Å². The number of para-hydroxylation sites is 1. The SMILES string of the molecule is C[C@H]1Cc2ccccc2N1C(=O)CSc1n[nH]c(-c2ccncc2)n1. The van der Waals surface area contributed by atoms with Gasteiger partial charge in [0.2, 0.25) is 11.1 Å². The van der Waals surface area contributed by atoms with E-state index in [0.29, 0.717) is 16.7 Å². The van der Waals surface area contributed by atoms with Gasteiger partial charge in [0.25, 0.3) is 0 Å². The molecule has 3 aromatic rings. The number of nitrogens with one attached hydrogen (secondary N) is 1. The molecule has 25 heavy (non-hydrogen) atoms. The zero-order valence-corrected chi connectivity index (χ0v) is 14.5. The summed E-state index contributed by atoms with van der Waals surface area (Å²) in [5.74, 6) is 1.07. The molecule has 1 amide bonds. The van der Waals surface area contributed by atoms with Gasteiger partial charge in [0.05, 0.1) is 5.75 Å². The van der Waals surface area contributed by atoms with E-state index in [1.54, 1.807) is 12.4 Å². The Labute approximate surface area is 149 Å². The summed E-state index contributed by atoms with van der Waals surface area (Å²) >= 11 is 1.35. The lowest BCUT2D eigenvalue weighted by Crippen LogP contribution is -2.36. The maximum Gasteiger partial charge on any atom is 0.237 e. The van der Waals surface area contributed by atoms with Crippen molar-refractivity contribution in [2.24, 2.45) is 0 Å². The van der Waals surface area contributed by atoms with E-state index in [0.717, 1.165) is 17.7 Å². The number of fused-ring (bicyclic) bond motifs is 1. The molecular weight excluding hydrogens is 334 g/mol. The molecule has 6 nitrogen and oxygen atoms in total. The highest BCUT2D eigenvalue weighted by molar-refractivity contribution is 7.99. The van der Waals surface area contributed by atoms with Crippen molar-refractivity contribution >= 4 is 23.4 Å². The lowest BCUT2D eigenvalue weighted by Gasteiger charge is -2.22. The third-order valence-electron chi connectivity index (χ3n) is 4.22. The molecule has 1 aromatic carbocycles. The fourth-order valence-corrected chi connectivity index (χ4v) is 3.75. The van der Waals surface area contributed by atoms with E-state index in [1.165, 1.54) is 17.3 Å². The summed E-state index contributed by atoms with van der Waals surface area (Å²) in [4.78, 5) is 23.0. The third-order valence-corrected chi connectivity index (χ3v) is 5.05. The number of amides is 1. The van der Waals surface area contributed by atoms with Crippen molar-refractivity contribution in [3.8, 4) is 11.4 Å². The predicted octanol–water partition coefficient (Wildman–Crippen LogP) is 2.94. The first-order chi connectivity index (χ1) is 12.2. The van der Waals surface area contributed by atoms with Gasteiger partial charge < -0.3 is 4.90 Å². The van der Waals surface area contributed by atoms with Crippen LogP contribution >= 0.6 is 11.8 Å². The van der Waals surface area contributed by atoms with Gasteiger partial charge in [0.15, 0.2) is 5.82 Å². The van der Waals surface area contributed by atoms with Crippen LogP contribution in [0, 0.1) is 0 Å². The van der Waals surface area contributed by atoms with Gasteiger partial charge in [-0.05, 0) is 37.1 Å². The van der Waals surface area contributed by atoms with Crippen LogP contribution in [0.3, 0.4) is 0 Å². The summed E-state index contributed by atoms with van der Waals surface area (Å²) in [5, 5.41) is 7.67. The second-order valence-corrected chi connectivity index (χ2v) is 6.88. The Morgan fingerprint density at radius 1 is 1.28 bits per heavy atom. The number of H-pyrrole nitrogens is 1. The average Bonchev–Trinajstić information content (AvgIpc) is 3.24. The number of hydrogen-bond donors (Lipinski definition) is 1. The van der Waals surface area contributed by atoms with Crippen LogP contribution in [0.2, 0.25) is 0 Å². The van der Waals surface area contributed by atoms with Gasteiger partial charge in [-0.2, -0.15) is 0 Å². The number of pyridine rings is 1. The highest BCUT2D eigenvalue weighted by Gasteiger charge is 2.30. The van der Waals surface area contributed by atoms with Crippen molar-refractivity contribution in [1.29, 1.82) is 0 Å². The monoisotopic (exact) mass is 351 g/mol. The number of rotatable bonds is 4. The molecule has 0 bridgehead atoms. The molecule has 1 N–H and O–H groups in total. The Morgan fingerprint density at radius 2 is 2.08 bits per heavy atom. The minimum atomic E-state index is 0.0812. The van der Waals surface area contributed by atoms with Crippen molar-refractivity contribution in [1.82, 2.24) is 20.2 Å². The van der Waals surface area contributed by atoms with Crippen molar-refractivity contribution in [2.45, 2.75) is 24.5 Å². The first-order valence-corrected chi connectivity index (χ1v) is 9.06. The quantitative estimate of drug-likeness (QED) is 0.732. The van der Waals surface area contributed by atoms with Crippen LogP contribution in [-0.4, -0.2) is 37.9 Å². The maximum absolute atomic E-state index is 12.7. The molecule has 1 aliphatic rings. The Balaban J connectivity index is 1.44. The fourth-order valence-electron chi connectivity index (χ4n) is 3.09. The van der Waals surface area contributed by atoms with Crippen LogP contribution in [0.25, 0.3) is 11.4 Å². The molecule has 126 valence electrons. The van der Waals surface area contributed by atoms with Crippen LogP contribution in [0.15, 0.2) is 53.9 Å². The third kappa shape index (κ3) is 3.15. The largest absolute Gasteiger partial charge is 0.308 e. The standard InChI is InChI=1S/C18H17N5OS/c1-12-10-14-4-2-3-5-15(14)23(12)16(24)11-25-18-20-17(21-22-18)13-6-8-19-9-7-13/h2-9,12H,10-11H2,1H3,(H,20,21,22)/t12-/m0/s1. The van der Waals surface area contributed by atoms with Gasteiger partial charge in [-0.25, -0.2) is 4.98 Å². The van der Waals surface area contributed by atoms with E-state index < -0.39 is 0 Å². The number of aromatic amines is 1. The van der Waals surface area contributed by atoms with E-state index in [2.05, 4.69) is 33.2 Å². The Morgan fingerprint density at radius 3 is 2.92 bits per heavy atom. The normalized spacial score (nSPS) is 16.0. The van der Waals surface area contributed by atoms with E-state index in [1.807, 2.05) is 35.2 Å². The van der Waals surface area contributed by atoms with Crippen LogP contribution in [0.1, 0.15) is 12.5 Å². The van der Waals surface area contributed by atoms with Gasteiger partial charge in [-0.15, -0.1) is 5.10 Å². The number of carbonyl (C=O) groups is 1. The first-order valence-electron chi connectivity index (χ1n) is 8.08.